The van der Waals surface area contributed by atoms with Gasteiger partial charge in [0, 0.05) is 6.92 Å². The molecule has 1 unspecified atom stereocenters. The minimum atomic E-state index is -0.881. The van der Waals surface area contributed by atoms with Crippen LogP contribution in [0.4, 0.5) is 4.79 Å². The van der Waals surface area contributed by atoms with E-state index in [4.69, 9.17) is 9.84 Å². The summed E-state index contributed by atoms with van der Waals surface area (Å²) in [7, 11) is 0. The van der Waals surface area contributed by atoms with E-state index < -0.39 is 29.1 Å². The number of carbonyl (C=O) groups excluding carboxylic acids is 2. The van der Waals surface area contributed by atoms with Gasteiger partial charge in [0.25, 0.3) is 0 Å². The molecule has 126 valence electrons. The Kier molecular flexibility index (Phi) is 5.43. The highest BCUT2D eigenvalue weighted by atomic mass is 16.6. The van der Waals surface area contributed by atoms with E-state index in [1.165, 1.54) is 6.92 Å². The molecule has 0 aromatic heterocycles. The Balaban J connectivity index is 2.81. The number of carboxylic acid groups (broad SMARTS) is 1. The molecule has 7 heteroatoms. The Morgan fingerprint density at radius 3 is 2.23 bits per heavy atom. The number of nitrogens with one attached hydrogen (secondary N) is 2. The summed E-state index contributed by atoms with van der Waals surface area (Å²) < 4.78 is 5.23. The molecule has 0 bridgehead atoms. The smallest absolute Gasteiger partial charge is 0.407 e. The van der Waals surface area contributed by atoms with Gasteiger partial charge in [-0.25, -0.2) is 4.79 Å². The molecule has 1 saturated carbocycles. The number of carbonyl (C=O) groups is 3. The molecule has 1 aliphatic carbocycles. The monoisotopic (exact) mass is 314 g/mol. The van der Waals surface area contributed by atoms with Crippen LogP contribution in [-0.2, 0) is 14.3 Å². The van der Waals surface area contributed by atoms with Crippen LogP contribution in [0.3, 0.4) is 0 Å². The zero-order chi connectivity index (χ0) is 17.1. The van der Waals surface area contributed by atoms with Crippen molar-refractivity contribution in [2.75, 3.05) is 0 Å². The molecule has 1 atom stereocenters. The largest absolute Gasteiger partial charge is 0.481 e. The maximum absolute atomic E-state index is 12.0. The van der Waals surface area contributed by atoms with Crippen molar-refractivity contribution in [3.63, 3.8) is 0 Å². The fourth-order valence-electron chi connectivity index (χ4n) is 2.90. The van der Waals surface area contributed by atoms with Gasteiger partial charge in [-0.15, -0.1) is 0 Å². The van der Waals surface area contributed by atoms with Crippen molar-refractivity contribution in [2.24, 2.45) is 5.92 Å². The molecule has 0 aromatic carbocycles. The van der Waals surface area contributed by atoms with Crippen LogP contribution < -0.4 is 10.6 Å². The molecule has 1 fully saturated rings. The van der Waals surface area contributed by atoms with Gasteiger partial charge in [0.05, 0.1) is 17.5 Å². The molecule has 7 nitrogen and oxygen atoms in total. The minimum absolute atomic E-state index is 0.242. The lowest BCUT2D eigenvalue weighted by molar-refractivity contribution is -0.150. The lowest BCUT2D eigenvalue weighted by Gasteiger charge is -2.51. The first-order valence-corrected chi connectivity index (χ1v) is 7.50. The summed E-state index contributed by atoms with van der Waals surface area (Å²) in [5.41, 5.74) is -1.34. The quantitative estimate of drug-likeness (QED) is 0.716. The van der Waals surface area contributed by atoms with Crippen molar-refractivity contribution in [2.45, 2.75) is 71.1 Å². The van der Waals surface area contributed by atoms with Crippen LogP contribution in [0.25, 0.3) is 0 Å². The van der Waals surface area contributed by atoms with Gasteiger partial charge in [0.15, 0.2) is 0 Å². The van der Waals surface area contributed by atoms with Crippen molar-refractivity contribution in [1.82, 2.24) is 10.6 Å². The number of rotatable bonds is 5. The second-order valence-corrected chi connectivity index (χ2v) is 6.89. The van der Waals surface area contributed by atoms with Crippen molar-refractivity contribution >= 4 is 18.0 Å². The van der Waals surface area contributed by atoms with Gasteiger partial charge in [0.1, 0.15) is 5.60 Å². The minimum Gasteiger partial charge on any atom is -0.481 e. The Morgan fingerprint density at radius 2 is 1.86 bits per heavy atom. The average Bonchev–Trinajstić information content (AvgIpc) is 2.27. The Labute approximate surface area is 130 Å². The molecular formula is C15H26N2O5. The van der Waals surface area contributed by atoms with E-state index in [-0.39, 0.29) is 11.9 Å². The molecule has 22 heavy (non-hydrogen) atoms. The van der Waals surface area contributed by atoms with E-state index in [1.807, 2.05) is 6.92 Å². The van der Waals surface area contributed by atoms with Gasteiger partial charge >= 0.3 is 12.1 Å². The molecule has 0 saturated heterocycles. The summed E-state index contributed by atoms with van der Waals surface area (Å²) in [6.45, 7) is 8.55. The highest BCUT2D eigenvalue weighted by Gasteiger charge is 2.53. The molecule has 0 spiro atoms. The number of amides is 2. The van der Waals surface area contributed by atoms with Gasteiger partial charge in [-0.3, -0.25) is 9.59 Å². The second kappa shape index (κ2) is 6.54. The zero-order valence-corrected chi connectivity index (χ0v) is 13.9. The van der Waals surface area contributed by atoms with Crippen LogP contribution in [0.1, 0.15) is 53.9 Å². The first-order valence-electron chi connectivity index (χ1n) is 7.50. The summed E-state index contributed by atoms with van der Waals surface area (Å²) >= 11 is 0. The summed E-state index contributed by atoms with van der Waals surface area (Å²) in [5.74, 6) is -1.62. The number of carboxylic acids is 1. The molecule has 2 amide bonds. The third kappa shape index (κ3) is 4.61. The van der Waals surface area contributed by atoms with E-state index in [1.54, 1.807) is 20.8 Å². The molecule has 0 heterocycles. The lowest BCUT2D eigenvalue weighted by atomic mass is 9.63. The standard InChI is InChI=1S/C15H26N2O5/c1-6-11(16-13(21)22-14(3,4)5)15(17-9(2)18)7-10(8-15)12(19)20/h10-11H,6-8H2,1-5H3,(H,16,21)(H,17,18)(H,19,20). The Morgan fingerprint density at radius 1 is 1.32 bits per heavy atom. The van der Waals surface area contributed by atoms with Crippen LogP contribution in [0.5, 0.6) is 0 Å². The molecule has 0 radical (unpaired) electrons. The number of ether oxygens (including phenoxy) is 1. The van der Waals surface area contributed by atoms with Crippen molar-refractivity contribution in [3.05, 3.63) is 0 Å². The fraction of sp³-hybridized carbons (Fsp3) is 0.800. The third-order valence-electron chi connectivity index (χ3n) is 3.76. The van der Waals surface area contributed by atoms with Crippen LogP contribution in [0.2, 0.25) is 0 Å². The SMILES string of the molecule is CCC(NC(=O)OC(C)(C)C)C1(NC(C)=O)CC(C(=O)O)C1. The summed E-state index contributed by atoms with van der Waals surface area (Å²) in [6, 6.07) is -0.373. The van der Waals surface area contributed by atoms with Crippen LogP contribution in [0, 0.1) is 5.92 Å². The molecule has 3 N–H and O–H groups in total. The third-order valence-corrected chi connectivity index (χ3v) is 3.76. The Hall–Kier alpha value is -1.79. The number of alkyl carbamates (subject to hydrolysis) is 1. The van der Waals surface area contributed by atoms with E-state index in [9.17, 15) is 14.4 Å². The summed E-state index contributed by atoms with van der Waals surface area (Å²) in [6.07, 6.45) is 0.598. The van der Waals surface area contributed by atoms with Gasteiger partial charge in [-0.2, -0.15) is 0 Å². The highest BCUT2D eigenvalue weighted by molar-refractivity contribution is 5.77. The first-order chi connectivity index (χ1) is 9.99. The zero-order valence-electron chi connectivity index (χ0n) is 13.9. The van der Waals surface area contributed by atoms with Crippen LogP contribution >= 0.6 is 0 Å². The predicted octanol–water partition coefficient (Wildman–Crippen LogP) is 1.66. The number of aliphatic carboxylic acids is 1. The predicted molar refractivity (Wildman–Crippen MR) is 80.4 cm³/mol. The van der Waals surface area contributed by atoms with Gasteiger partial charge in [-0.05, 0) is 40.0 Å². The van der Waals surface area contributed by atoms with Crippen molar-refractivity contribution in [1.29, 1.82) is 0 Å². The van der Waals surface area contributed by atoms with Crippen molar-refractivity contribution in [3.8, 4) is 0 Å². The maximum Gasteiger partial charge on any atom is 0.407 e. The van der Waals surface area contributed by atoms with E-state index in [0.29, 0.717) is 19.3 Å². The second-order valence-electron chi connectivity index (χ2n) is 6.89. The molecular weight excluding hydrogens is 288 g/mol. The highest BCUT2D eigenvalue weighted by Crippen LogP contribution is 2.41. The number of hydrogen-bond acceptors (Lipinski definition) is 4. The van der Waals surface area contributed by atoms with Gasteiger partial charge < -0.3 is 20.5 Å². The van der Waals surface area contributed by atoms with Crippen LogP contribution in [-0.4, -0.2) is 40.3 Å². The summed E-state index contributed by atoms with van der Waals surface area (Å²) in [5, 5.41) is 14.7. The number of hydrogen-bond donors (Lipinski definition) is 3. The van der Waals surface area contributed by atoms with Crippen LogP contribution in [0.15, 0.2) is 0 Å². The fourth-order valence-corrected chi connectivity index (χ4v) is 2.90. The lowest BCUT2D eigenvalue weighted by Crippen LogP contribution is -2.69. The van der Waals surface area contributed by atoms with E-state index in [2.05, 4.69) is 10.6 Å². The van der Waals surface area contributed by atoms with Gasteiger partial charge in [-0.1, -0.05) is 6.92 Å². The molecule has 0 aliphatic heterocycles. The summed E-state index contributed by atoms with van der Waals surface area (Å²) in [4.78, 5) is 34.5. The van der Waals surface area contributed by atoms with Gasteiger partial charge in [0.2, 0.25) is 5.91 Å². The molecule has 1 rings (SSSR count). The average molecular weight is 314 g/mol. The molecule has 0 aromatic rings. The van der Waals surface area contributed by atoms with E-state index >= 15 is 0 Å². The maximum atomic E-state index is 12.0. The Bertz CT molecular complexity index is 449. The normalized spacial score (nSPS) is 25.6. The topological polar surface area (TPSA) is 105 Å². The molecule has 1 aliphatic rings. The first kappa shape index (κ1) is 18.3. The van der Waals surface area contributed by atoms with Crippen molar-refractivity contribution < 1.29 is 24.2 Å². The van der Waals surface area contributed by atoms with E-state index in [0.717, 1.165) is 0 Å².